The van der Waals surface area contributed by atoms with Crippen LogP contribution in [0.15, 0.2) is 17.0 Å². The Bertz CT molecular complexity index is 924. The lowest BCUT2D eigenvalue weighted by Gasteiger charge is -2.35. The van der Waals surface area contributed by atoms with Gasteiger partial charge in [-0.1, -0.05) is 11.6 Å². The summed E-state index contributed by atoms with van der Waals surface area (Å²) in [6.45, 7) is 2.55. The number of piperidine rings is 1. The molecule has 1 aromatic rings. The number of benzene rings is 1. The van der Waals surface area contributed by atoms with Gasteiger partial charge < -0.3 is 19.7 Å². The van der Waals surface area contributed by atoms with Gasteiger partial charge in [0.15, 0.2) is 6.61 Å². The summed E-state index contributed by atoms with van der Waals surface area (Å²) in [5, 5.41) is 2.62. The fraction of sp³-hybridized carbons (Fsp3) is 0.556. The molecular formula is C18H22ClN3O6S. The number of nitrogens with zero attached hydrogens (tertiary/aromatic N) is 2. The third-order valence-electron chi connectivity index (χ3n) is 5.41. The van der Waals surface area contributed by atoms with E-state index in [1.54, 1.807) is 4.90 Å². The lowest BCUT2D eigenvalue weighted by atomic mass is 9.96. The molecule has 0 aromatic heterocycles. The first-order valence-electron chi connectivity index (χ1n) is 9.49. The van der Waals surface area contributed by atoms with Gasteiger partial charge in [-0.05, 0) is 18.9 Å². The van der Waals surface area contributed by atoms with Crippen molar-refractivity contribution in [1.82, 2.24) is 9.21 Å². The van der Waals surface area contributed by atoms with Crippen LogP contribution in [-0.4, -0.2) is 75.4 Å². The van der Waals surface area contributed by atoms with Crippen LogP contribution in [0.4, 0.5) is 5.69 Å². The lowest BCUT2D eigenvalue weighted by molar-refractivity contribution is -0.140. The van der Waals surface area contributed by atoms with Crippen molar-refractivity contribution in [3.05, 3.63) is 17.2 Å². The molecule has 0 radical (unpaired) electrons. The zero-order valence-corrected chi connectivity index (χ0v) is 17.3. The molecule has 158 valence electrons. The molecule has 2 saturated heterocycles. The molecule has 3 aliphatic heterocycles. The third kappa shape index (κ3) is 4.07. The molecule has 1 aromatic carbocycles. The predicted octanol–water partition coefficient (Wildman–Crippen LogP) is 0.930. The Labute approximate surface area is 173 Å². The number of carbonyl (C=O) groups excluding carboxylic acids is 2. The summed E-state index contributed by atoms with van der Waals surface area (Å²) in [5.41, 5.74) is 0.347. The maximum absolute atomic E-state index is 13.1. The zero-order chi connectivity index (χ0) is 20.6. The number of rotatable bonds is 3. The highest BCUT2D eigenvalue weighted by molar-refractivity contribution is 7.89. The Hall–Kier alpha value is -1.88. The molecule has 29 heavy (non-hydrogen) atoms. The maximum atomic E-state index is 13.1. The van der Waals surface area contributed by atoms with Crippen LogP contribution < -0.4 is 10.1 Å². The van der Waals surface area contributed by atoms with E-state index in [0.717, 1.165) is 0 Å². The quantitative estimate of drug-likeness (QED) is 0.745. The van der Waals surface area contributed by atoms with E-state index in [9.17, 15) is 18.0 Å². The van der Waals surface area contributed by atoms with Crippen LogP contribution >= 0.6 is 11.6 Å². The molecule has 4 rings (SSSR count). The summed E-state index contributed by atoms with van der Waals surface area (Å²) >= 11 is 6.21. The Kier molecular flexibility index (Phi) is 5.69. The van der Waals surface area contributed by atoms with E-state index in [4.69, 9.17) is 21.1 Å². The number of morpholine rings is 1. The average Bonchev–Trinajstić information content (AvgIpc) is 2.73. The Balaban J connectivity index is 1.46. The minimum absolute atomic E-state index is 0.0149. The van der Waals surface area contributed by atoms with Crippen molar-refractivity contribution in [3.63, 3.8) is 0 Å². The SMILES string of the molecule is O=C1COc2cc(S(=O)(=O)N3CCC(C(=O)N4CCOCC4)CC3)c(Cl)cc2N1. The van der Waals surface area contributed by atoms with Crippen LogP contribution in [0.3, 0.4) is 0 Å². The van der Waals surface area contributed by atoms with Crippen LogP contribution in [0.25, 0.3) is 0 Å². The number of anilines is 1. The second-order valence-corrected chi connectivity index (χ2v) is 9.55. The van der Waals surface area contributed by atoms with Crippen molar-refractivity contribution >= 4 is 39.1 Å². The Morgan fingerprint density at radius 2 is 1.83 bits per heavy atom. The van der Waals surface area contributed by atoms with Crippen molar-refractivity contribution in [2.45, 2.75) is 17.7 Å². The van der Waals surface area contributed by atoms with Gasteiger partial charge in [0.1, 0.15) is 10.6 Å². The van der Waals surface area contributed by atoms with Crippen molar-refractivity contribution in [2.75, 3.05) is 51.3 Å². The van der Waals surface area contributed by atoms with Gasteiger partial charge in [0, 0.05) is 38.2 Å². The number of nitrogens with one attached hydrogen (secondary N) is 1. The molecule has 3 aliphatic rings. The minimum atomic E-state index is -3.85. The highest BCUT2D eigenvalue weighted by Crippen LogP contribution is 2.37. The van der Waals surface area contributed by atoms with Gasteiger partial charge in [0.05, 0.1) is 23.9 Å². The van der Waals surface area contributed by atoms with Crippen LogP contribution in [0.5, 0.6) is 5.75 Å². The summed E-state index contributed by atoms with van der Waals surface area (Å²) in [6, 6.07) is 2.73. The average molecular weight is 444 g/mol. The van der Waals surface area contributed by atoms with Gasteiger partial charge in [-0.2, -0.15) is 4.31 Å². The first kappa shape index (κ1) is 20.4. The maximum Gasteiger partial charge on any atom is 0.262 e. The summed E-state index contributed by atoms with van der Waals surface area (Å²) in [5.74, 6) is -0.167. The number of hydrogen-bond donors (Lipinski definition) is 1. The summed E-state index contributed by atoms with van der Waals surface area (Å²) in [4.78, 5) is 25.8. The van der Waals surface area contributed by atoms with Gasteiger partial charge in [-0.25, -0.2) is 8.42 Å². The zero-order valence-electron chi connectivity index (χ0n) is 15.7. The normalized spacial score (nSPS) is 21.3. The molecular weight excluding hydrogens is 422 g/mol. The fourth-order valence-electron chi connectivity index (χ4n) is 3.80. The summed E-state index contributed by atoms with van der Waals surface area (Å²) < 4.78 is 38.2. The summed E-state index contributed by atoms with van der Waals surface area (Å²) in [7, 11) is -3.85. The van der Waals surface area contributed by atoms with E-state index >= 15 is 0 Å². The molecule has 0 saturated carbocycles. The van der Waals surface area contributed by atoms with Gasteiger partial charge in [0.2, 0.25) is 15.9 Å². The molecule has 3 heterocycles. The Morgan fingerprint density at radius 1 is 1.14 bits per heavy atom. The topological polar surface area (TPSA) is 105 Å². The van der Waals surface area contributed by atoms with E-state index in [2.05, 4.69) is 5.32 Å². The van der Waals surface area contributed by atoms with Crippen LogP contribution in [-0.2, 0) is 24.3 Å². The Morgan fingerprint density at radius 3 is 2.52 bits per heavy atom. The second kappa shape index (κ2) is 8.10. The van der Waals surface area contributed by atoms with Crippen LogP contribution in [0.2, 0.25) is 5.02 Å². The molecule has 2 fully saturated rings. The van der Waals surface area contributed by atoms with Gasteiger partial charge in [-0.3, -0.25) is 9.59 Å². The van der Waals surface area contributed by atoms with Gasteiger partial charge in [-0.15, -0.1) is 0 Å². The summed E-state index contributed by atoms with van der Waals surface area (Å²) in [6.07, 6.45) is 0.926. The molecule has 11 heteroatoms. The largest absolute Gasteiger partial charge is 0.482 e. The van der Waals surface area contributed by atoms with Crippen molar-refractivity contribution in [3.8, 4) is 5.75 Å². The molecule has 9 nitrogen and oxygen atoms in total. The van der Waals surface area contributed by atoms with Crippen molar-refractivity contribution in [2.24, 2.45) is 5.92 Å². The van der Waals surface area contributed by atoms with E-state index in [1.807, 2.05) is 0 Å². The molecule has 2 amide bonds. The minimum Gasteiger partial charge on any atom is -0.482 e. The molecule has 0 aliphatic carbocycles. The lowest BCUT2D eigenvalue weighted by Crippen LogP contribution is -2.47. The van der Waals surface area contributed by atoms with Gasteiger partial charge in [0.25, 0.3) is 5.91 Å². The number of halogens is 1. The molecule has 0 unspecified atom stereocenters. The van der Waals surface area contributed by atoms with Crippen LogP contribution in [0.1, 0.15) is 12.8 Å². The monoisotopic (exact) mass is 443 g/mol. The van der Waals surface area contributed by atoms with E-state index in [1.165, 1.54) is 16.4 Å². The van der Waals surface area contributed by atoms with Crippen molar-refractivity contribution in [1.29, 1.82) is 0 Å². The number of ether oxygens (including phenoxy) is 2. The molecule has 0 atom stereocenters. The number of carbonyl (C=O) groups is 2. The number of sulfonamides is 1. The number of amides is 2. The first-order chi connectivity index (χ1) is 13.9. The highest BCUT2D eigenvalue weighted by Gasteiger charge is 2.35. The van der Waals surface area contributed by atoms with Crippen LogP contribution in [0, 0.1) is 5.92 Å². The van der Waals surface area contributed by atoms with E-state index < -0.39 is 10.0 Å². The van der Waals surface area contributed by atoms with E-state index in [0.29, 0.717) is 44.8 Å². The molecule has 1 N–H and O–H groups in total. The highest BCUT2D eigenvalue weighted by atomic mass is 35.5. The molecule has 0 bridgehead atoms. The smallest absolute Gasteiger partial charge is 0.262 e. The second-order valence-electron chi connectivity index (χ2n) is 7.23. The third-order valence-corrected chi connectivity index (χ3v) is 7.77. The fourth-order valence-corrected chi connectivity index (χ4v) is 5.79. The predicted molar refractivity (Wildman–Crippen MR) is 104 cm³/mol. The standard InChI is InChI=1S/C18H22ClN3O6S/c19-13-9-14-15(28-11-17(23)20-14)10-16(13)29(25,26)22-3-1-12(2-4-22)18(24)21-5-7-27-8-6-21/h9-10,12H,1-8,11H2,(H,20,23). The van der Waals surface area contributed by atoms with E-state index in [-0.39, 0.29) is 53.1 Å². The number of fused-ring (bicyclic) bond motifs is 1. The van der Waals surface area contributed by atoms with Crippen molar-refractivity contribution < 1.29 is 27.5 Å². The van der Waals surface area contributed by atoms with Gasteiger partial charge >= 0.3 is 0 Å². The first-order valence-corrected chi connectivity index (χ1v) is 11.3. The molecule has 0 spiro atoms. The number of hydrogen-bond acceptors (Lipinski definition) is 6.